The zero-order valence-electron chi connectivity index (χ0n) is 20.7. The third kappa shape index (κ3) is 3.90. The smallest absolute Gasteiger partial charge is 0.139 e. The van der Waals surface area contributed by atoms with Gasteiger partial charge in [-0.3, -0.25) is 9.69 Å². The van der Waals surface area contributed by atoms with Crippen molar-refractivity contribution in [1.82, 2.24) is 4.90 Å². The summed E-state index contributed by atoms with van der Waals surface area (Å²) in [7, 11) is 0. The van der Waals surface area contributed by atoms with Gasteiger partial charge in [-0.25, -0.2) is 0 Å². The summed E-state index contributed by atoms with van der Waals surface area (Å²) in [5.41, 5.74) is 4.31. The standard InChI is InChI=1S/C31H39NO2/c1-31-21-27(23-9-12-24(13-10-23)34-20-19-32-17-5-2-6-18-32)30-25-8-4-3-7-22(25)11-14-26(30)28(31)15-16-29(31)33/h3-4,7-10,12-13,26-28,30H,2,5-6,11,14-21H2,1H3/t26-,27+,28-,30+,31-/m0/s1. The number of Topliss-reactive ketones (excluding diaryl/α,β-unsaturated/α-hetero) is 1. The molecule has 0 unspecified atom stereocenters. The van der Waals surface area contributed by atoms with Crippen LogP contribution in [0.4, 0.5) is 0 Å². The zero-order valence-corrected chi connectivity index (χ0v) is 20.7. The number of ketones is 1. The highest BCUT2D eigenvalue weighted by molar-refractivity contribution is 5.87. The Bertz CT molecular complexity index is 1020. The van der Waals surface area contributed by atoms with Gasteiger partial charge >= 0.3 is 0 Å². The molecule has 2 aromatic rings. The van der Waals surface area contributed by atoms with Crippen LogP contribution in [0.1, 0.15) is 80.4 Å². The van der Waals surface area contributed by atoms with E-state index in [4.69, 9.17) is 4.74 Å². The summed E-state index contributed by atoms with van der Waals surface area (Å²) in [6.45, 7) is 6.50. The van der Waals surface area contributed by atoms with Crippen molar-refractivity contribution in [2.45, 2.75) is 70.1 Å². The van der Waals surface area contributed by atoms with E-state index in [2.05, 4.69) is 60.4 Å². The molecule has 0 aromatic heterocycles. The van der Waals surface area contributed by atoms with Gasteiger partial charge in [0.2, 0.25) is 0 Å². The third-order valence-electron chi connectivity index (χ3n) is 9.79. The number of fused-ring (bicyclic) bond motifs is 5. The number of carbonyl (C=O) groups excluding carboxylic acids is 1. The van der Waals surface area contributed by atoms with Crippen LogP contribution in [-0.4, -0.2) is 36.9 Å². The van der Waals surface area contributed by atoms with Gasteiger partial charge in [-0.1, -0.05) is 49.7 Å². The molecular weight excluding hydrogens is 418 g/mol. The number of carbonyl (C=O) groups is 1. The average molecular weight is 458 g/mol. The van der Waals surface area contributed by atoms with Crippen molar-refractivity contribution in [3.8, 4) is 5.75 Å². The second-order valence-corrected chi connectivity index (χ2v) is 11.5. The van der Waals surface area contributed by atoms with Crippen molar-refractivity contribution in [2.24, 2.45) is 17.3 Å². The highest BCUT2D eigenvalue weighted by Gasteiger charge is 2.57. The molecule has 6 rings (SSSR count). The van der Waals surface area contributed by atoms with Crippen LogP contribution in [0.2, 0.25) is 0 Å². The first-order valence-corrected chi connectivity index (χ1v) is 13.7. The Balaban J connectivity index is 1.24. The van der Waals surface area contributed by atoms with E-state index in [0.29, 0.717) is 29.5 Å². The lowest BCUT2D eigenvalue weighted by molar-refractivity contribution is -0.130. The zero-order chi connectivity index (χ0) is 23.1. The molecule has 0 spiro atoms. The van der Waals surface area contributed by atoms with Crippen LogP contribution >= 0.6 is 0 Å². The van der Waals surface area contributed by atoms with Gasteiger partial charge in [-0.15, -0.1) is 0 Å². The maximum atomic E-state index is 13.1. The maximum absolute atomic E-state index is 13.1. The summed E-state index contributed by atoms with van der Waals surface area (Å²) >= 11 is 0. The van der Waals surface area contributed by atoms with E-state index in [-0.39, 0.29) is 5.41 Å². The first kappa shape index (κ1) is 22.3. The molecule has 5 atom stereocenters. The van der Waals surface area contributed by atoms with Crippen LogP contribution in [-0.2, 0) is 11.2 Å². The minimum atomic E-state index is -0.151. The highest BCUT2D eigenvalue weighted by Crippen LogP contribution is 2.63. The number of hydrogen-bond donors (Lipinski definition) is 0. The van der Waals surface area contributed by atoms with Crippen molar-refractivity contribution in [1.29, 1.82) is 0 Å². The first-order valence-electron chi connectivity index (χ1n) is 13.7. The van der Waals surface area contributed by atoms with Gasteiger partial charge in [-0.05, 0) is 104 Å². The SMILES string of the molecule is C[C@]12C[C@H](c3ccc(OCCN4CCCCC4)cc3)[C@@H]3c4ccccc4CC[C@H]3[C@@H]1CCC2=O. The molecule has 3 heteroatoms. The monoisotopic (exact) mass is 457 g/mol. The minimum Gasteiger partial charge on any atom is -0.492 e. The average Bonchev–Trinajstić information content (AvgIpc) is 3.18. The van der Waals surface area contributed by atoms with Gasteiger partial charge < -0.3 is 4.74 Å². The summed E-state index contributed by atoms with van der Waals surface area (Å²) in [5.74, 6) is 3.57. The molecule has 34 heavy (non-hydrogen) atoms. The Morgan fingerprint density at radius 2 is 1.76 bits per heavy atom. The molecule has 0 N–H and O–H groups in total. The van der Waals surface area contributed by atoms with Crippen molar-refractivity contribution in [3.05, 3.63) is 65.2 Å². The Morgan fingerprint density at radius 3 is 2.59 bits per heavy atom. The maximum Gasteiger partial charge on any atom is 0.139 e. The fourth-order valence-electron chi connectivity index (χ4n) is 8.03. The quantitative estimate of drug-likeness (QED) is 0.522. The second kappa shape index (κ2) is 9.15. The van der Waals surface area contributed by atoms with Crippen LogP contribution in [0.5, 0.6) is 5.75 Å². The second-order valence-electron chi connectivity index (χ2n) is 11.5. The largest absolute Gasteiger partial charge is 0.492 e. The molecule has 1 aliphatic heterocycles. The van der Waals surface area contributed by atoms with Crippen LogP contribution < -0.4 is 4.74 Å². The van der Waals surface area contributed by atoms with E-state index < -0.39 is 0 Å². The number of hydrogen-bond acceptors (Lipinski definition) is 3. The number of nitrogens with zero attached hydrogens (tertiary/aromatic N) is 1. The Hall–Kier alpha value is -2.13. The van der Waals surface area contributed by atoms with Crippen molar-refractivity contribution in [2.75, 3.05) is 26.2 Å². The molecule has 1 heterocycles. The molecule has 3 aliphatic carbocycles. The summed E-state index contributed by atoms with van der Waals surface area (Å²) in [4.78, 5) is 15.6. The molecule has 0 amide bonds. The fraction of sp³-hybridized carbons (Fsp3) is 0.581. The van der Waals surface area contributed by atoms with Gasteiger partial charge in [0.15, 0.2) is 0 Å². The lowest BCUT2D eigenvalue weighted by Gasteiger charge is -2.52. The Morgan fingerprint density at radius 1 is 0.971 bits per heavy atom. The molecule has 0 radical (unpaired) electrons. The number of benzene rings is 2. The van der Waals surface area contributed by atoms with E-state index in [0.717, 1.165) is 44.6 Å². The van der Waals surface area contributed by atoms with Gasteiger partial charge in [0.1, 0.15) is 18.1 Å². The van der Waals surface area contributed by atoms with Crippen molar-refractivity contribution < 1.29 is 9.53 Å². The van der Waals surface area contributed by atoms with Gasteiger partial charge in [0.05, 0.1) is 0 Å². The lowest BCUT2D eigenvalue weighted by atomic mass is 9.51. The molecule has 2 aromatic carbocycles. The highest BCUT2D eigenvalue weighted by atomic mass is 16.5. The Labute approximate surface area is 204 Å². The molecule has 4 aliphatic rings. The first-order chi connectivity index (χ1) is 16.6. The fourth-order valence-corrected chi connectivity index (χ4v) is 8.03. The van der Waals surface area contributed by atoms with E-state index >= 15 is 0 Å². The summed E-state index contributed by atoms with van der Waals surface area (Å²) in [5, 5.41) is 0. The van der Waals surface area contributed by atoms with Crippen LogP contribution in [0.15, 0.2) is 48.5 Å². The number of piperidine rings is 1. The van der Waals surface area contributed by atoms with E-state index in [1.165, 1.54) is 49.9 Å². The van der Waals surface area contributed by atoms with Crippen LogP contribution in [0, 0.1) is 17.3 Å². The van der Waals surface area contributed by atoms with E-state index in [1.54, 1.807) is 5.56 Å². The van der Waals surface area contributed by atoms with Crippen molar-refractivity contribution >= 4 is 5.78 Å². The molecule has 1 saturated heterocycles. The normalized spacial score (nSPS) is 33.1. The Kier molecular flexibility index (Phi) is 6.01. The van der Waals surface area contributed by atoms with Gasteiger partial charge in [-0.2, -0.15) is 0 Å². The molecule has 180 valence electrons. The summed E-state index contributed by atoms with van der Waals surface area (Å²) < 4.78 is 6.12. The minimum absolute atomic E-state index is 0.151. The molecular formula is C31H39NO2. The van der Waals surface area contributed by atoms with E-state index in [9.17, 15) is 4.79 Å². The number of rotatable bonds is 5. The number of aryl methyl sites for hydroxylation is 1. The topological polar surface area (TPSA) is 29.5 Å². The van der Waals surface area contributed by atoms with Crippen molar-refractivity contribution in [3.63, 3.8) is 0 Å². The predicted octanol–water partition coefficient (Wildman–Crippen LogP) is 6.37. The number of ether oxygens (including phenoxy) is 1. The van der Waals surface area contributed by atoms with Crippen LogP contribution in [0.3, 0.4) is 0 Å². The van der Waals surface area contributed by atoms with Crippen LogP contribution in [0.25, 0.3) is 0 Å². The summed E-state index contributed by atoms with van der Waals surface area (Å²) in [6.07, 6.45) is 9.27. The third-order valence-corrected chi connectivity index (χ3v) is 9.79. The predicted molar refractivity (Wildman–Crippen MR) is 136 cm³/mol. The number of likely N-dealkylation sites (tertiary alicyclic amines) is 1. The molecule has 2 saturated carbocycles. The van der Waals surface area contributed by atoms with Gasteiger partial charge in [0, 0.05) is 18.4 Å². The summed E-state index contributed by atoms with van der Waals surface area (Å²) in [6, 6.07) is 18.0. The van der Waals surface area contributed by atoms with E-state index in [1.807, 2.05) is 0 Å². The molecule has 0 bridgehead atoms. The lowest BCUT2D eigenvalue weighted by Crippen LogP contribution is -2.45. The molecule has 3 nitrogen and oxygen atoms in total. The van der Waals surface area contributed by atoms with Gasteiger partial charge in [0.25, 0.3) is 0 Å². The molecule has 3 fully saturated rings.